The first-order valence-corrected chi connectivity index (χ1v) is 4.74. The van der Waals surface area contributed by atoms with Crippen LogP contribution in [0.1, 0.15) is 27.7 Å². The van der Waals surface area contributed by atoms with Crippen molar-refractivity contribution >= 4 is 5.96 Å². The molecule has 0 aromatic carbocycles. The summed E-state index contributed by atoms with van der Waals surface area (Å²) in [5.74, 6) is 0.427. The number of aliphatic imine (C=N–C) groups is 1. The van der Waals surface area contributed by atoms with Crippen LogP contribution in [0.5, 0.6) is 0 Å². The lowest BCUT2D eigenvalue weighted by Gasteiger charge is -2.20. The molecule has 0 atom stereocenters. The van der Waals surface area contributed by atoms with Crippen LogP contribution in [-0.2, 0) is 0 Å². The van der Waals surface area contributed by atoms with Crippen LogP contribution in [0.4, 0.5) is 0 Å². The van der Waals surface area contributed by atoms with Gasteiger partial charge >= 0.3 is 0 Å². The molecule has 0 aromatic heterocycles. The van der Waals surface area contributed by atoms with E-state index in [1.54, 1.807) is 7.05 Å². The molecule has 0 bridgehead atoms. The second-order valence-electron chi connectivity index (χ2n) is 4.10. The maximum Gasteiger partial charge on any atom is 0.192 e. The summed E-state index contributed by atoms with van der Waals surface area (Å²) >= 11 is 0. The molecule has 3 N–H and O–H groups in total. The lowest BCUT2D eigenvalue weighted by atomic mass is 9.87. The van der Waals surface area contributed by atoms with Crippen molar-refractivity contribution in [3.05, 3.63) is 23.9 Å². The third-order valence-corrected chi connectivity index (χ3v) is 1.83. The highest BCUT2D eigenvalue weighted by Gasteiger charge is 2.13. The molecule has 14 heavy (non-hydrogen) atoms. The Kier molecular flexibility index (Phi) is 4.99. The van der Waals surface area contributed by atoms with Gasteiger partial charge in [0.1, 0.15) is 0 Å². The van der Waals surface area contributed by atoms with Crippen molar-refractivity contribution in [2.75, 3.05) is 7.05 Å². The largest absolute Gasteiger partial charge is 0.370 e. The van der Waals surface area contributed by atoms with Crippen molar-refractivity contribution in [2.24, 2.45) is 16.1 Å². The van der Waals surface area contributed by atoms with E-state index in [1.165, 1.54) is 5.57 Å². The Balaban J connectivity index is 4.67. The van der Waals surface area contributed by atoms with Crippen molar-refractivity contribution in [1.29, 1.82) is 0 Å². The molecule has 0 heterocycles. The smallest absolute Gasteiger partial charge is 0.192 e. The highest BCUT2D eigenvalue weighted by molar-refractivity contribution is 5.78. The zero-order valence-electron chi connectivity index (χ0n) is 9.76. The van der Waals surface area contributed by atoms with Gasteiger partial charge in [0.25, 0.3) is 0 Å². The summed E-state index contributed by atoms with van der Waals surface area (Å²) in [5.41, 5.74) is 6.82. The molecule has 0 rings (SSSR count). The first-order valence-electron chi connectivity index (χ1n) is 4.74. The molecule has 0 aliphatic carbocycles. The Hall–Kier alpha value is -1.25. The molecule has 0 unspecified atom stereocenters. The monoisotopic (exact) mass is 195 g/mol. The first-order chi connectivity index (χ1) is 6.41. The number of hydrogen-bond acceptors (Lipinski definition) is 1. The topological polar surface area (TPSA) is 50.4 Å². The summed E-state index contributed by atoms with van der Waals surface area (Å²) in [6.07, 6.45) is 5.97. The van der Waals surface area contributed by atoms with Crippen molar-refractivity contribution in [1.82, 2.24) is 5.32 Å². The standard InChI is InChI=1S/C11H21N3/c1-6-7-9(11(2,3)4)8-14-10(12)13-5/h6-8H,1-5H3,(H3,12,13,14)/b7-6-,9-8+. The summed E-state index contributed by atoms with van der Waals surface area (Å²) in [4.78, 5) is 3.82. The zero-order valence-corrected chi connectivity index (χ0v) is 9.76. The molecule has 0 radical (unpaired) electrons. The van der Waals surface area contributed by atoms with E-state index in [0.717, 1.165) is 0 Å². The molecule has 0 saturated heterocycles. The predicted molar refractivity (Wildman–Crippen MR) is 63.0 cm³/mol. The average Bonchev–Trinajstić information content (AvgIpc) is 2.09. The fourth-order valence-corrected chi connectivity index (χ4v) is 0.910. The van der Waals surface area contributed by atoms with Crippen molar-refractivity contribution in [2.45, 2.75) is 27.7 Å². The van der Waals surface area contributed by atoms with Gasteiger partial charge in [0, 0.05) is 13.2 Å². The van der Waals surface area contributed by atoms with Gasteiger partial charge < -0.3 is 11.1 Å². The fourth-order valence-electron chi connectivity index (χ4n) is 0.910. The number of hydrogen-bond donors (Lipinski definition) is 2. The number of allylic oxidation sites excluding steroid dienone is 3. The normalized spacial score (nSPS) is 14.9. The molecule has 80 valence electrons. The van der Waals surface area contributed by atoms with Gasteiger partial charge in [-0.3, -0.25) is 4.99 Å². The SMILES string of the molecule is C/C=C\C(=C/NC(N)=NC)C(C)(C)C. The van der Waals surface area contributed by atoms with E-state index in [1.807, 2.05) is 19.2 Å². The van der Waals surface area contributed by atoms with Gasteiger partial charge in [0.05, 0.1) is 0 Å². The van der Waals surface area contributed by atoms with Crippen LogP contribution in [0.15, 0.2) is 28.9 Å². The van der Waals surface area contributed by atoms with Gasteiger partial charge in [0.15, 0.2) is 5.96 Å². The Bertz CT molecular complexity index is 254. The van der Waals surface area contributed by atoms with Gasteiger partial charge in [-0.25, -0.2) is 0 Å². The molecular weight excluding hydrogens is 174 g/mol. The van der Waals surface area contributed by atoms with E-state index >= 15 is 0 Å². The van der Waals surface area contributed by atoms with Crippen LogP contribution < -0.4 is 11.1 Å². The van der Waals surface area contributed by atoms with Crippen LogP contribution in [0.3, 0.4) is 0 Å². The summed E-state index contributed by atoms with van der Waals surface area (Å²) < 4.78 is 0. The van der Waals surface area contributed by atoms with Crippen LogP contribution in [0.2, 0.25) is 0 Å². The number of rotatable bonds is 2. The number of nitrogens with zero attached hydrogens (tertiary/aromatic N) is 1. The Morgan fingerprint density at radius 2 is 1.93 bits per heavy atom. The minimum Gasteiger partial charge on any atom is -0.370 e. The lowest BCUT2D eigenvalue weighted by Crippen LogP contribution is -2.28. The summed E-state index contributed by atoms with van der Waals surface area (Å²) in [6, 6.07) is 0. The van der Waals surface area contributed by atoms with E-state index < -0.39 is 0 Å². The average molecular weight is 195 g/mol. The summed E-state index contributed by atoms with van der Waals surface area (Å²) in [7, 11) is 1.66. The van der Waals surface area contributed by atoms with E-state index in [0.29, 0.717) is 5.96 Å². The summed E-state index contributed by atoms with van der Waals surface area (Å²) in [6.45, 7) is 8.45. The van der Waals surface area contributed by atoms with Gasteiger partial charge in [-0.1, -0.05) is 32.9 Å². The molecule has 0 aliphatic heterocycles. The van der Waals surface area contributed by atoms with E-state index in [2.05, 4.69) is 37.2 Å². The van der Waals surface area contributed by atoms with E-state index in [4.69, 9.17) is 5.73 Å². The minimum absolute atomic E-state index is 0.105. The van der Waals surface area contributed by atoms with E-state index in [-0.39, 0.29) is 5.41 Å². The molecule has 0 amide bonds. The van der Waals surface area contributed by atoms with Gasteiger partial charge in [-0.05, 0) is 17.9 Å². The minimum atomic E-state index is 0.105. The van der Waals surface area contributed by atoms with Crippen molar-refractivity contribution in [3.63, 3.8) is 0 Å². The number of nitrogens with two attached hydrogens (primary N) is 1. The highest BCUT2D eigenvalue weighted by Crippen LogP contribution is 2.25. The quantitative estimate of drug-likeness (QED) is 0.402. The number of guanidine groups is 1. The fraction of sp³-hybridized carbons (Fsp3) is 0.545. The van der Waals surface area contributed by atoms with Gasteiger partial charge in [-0.2, -0.15) is 0 Å². The summed E-state index contributed by atoms with van der Waals surface area (Å²) in [5, 5.41) is 2.94. The van der Waals surface area contributed by atoms with Crippen molar-refractivity contribution < 1.29 is 0 Å². The Morgan fingerprint density at radius 1 is 1.36 bits per heavy atom. The molecule has 0 spiro atoms. The van der Waals surface area contributed by atoms with Gasteiger partial charge in [0.2, 0.25) is 0 Å². The first kappa shape index (κ1) is 12.8. The highest BCUT2D eigenvalue weighted by atomic mass is 15.1. The third kappa shape index (κ3) is 4.70. The van der Waals surface area contributed by atoms with Crippen LogP contribution in [-0.4, -0.2) is 13.0 Å². The number of nitrogens with one attached hydrogen (secondary N) is 1. The van der Waals surface area contributed by atoms with Crippen LogP contribution >= 0.6 is 0 Å². The maximum atomic E-state index is 5.53. The van der Waals surface area contributed by atoms with Crippen molar-refractivity contribution in [3.8, 4) is 0 Å². The maximum absolute atomic E-state index is 5.53. The Morgan fingerprint density at radius 3 is 2.29 bits per heavy atom. The molecule has 0 saturated carbocycles. The van der Waals surface area contributed by atoms with Crippen LogP contribution in [0, 0.1) is 5.41 Å². The van der Waals surface area contributed by atoms with Gasteiger partial charge in [-0.15, -0.1) is 0 Å². The third-order valence-electron chi connectivity index (χ3n) is 1.83. The second-order valence-corrected chi connectivity index (χ2v) is 4.10. The second kappa shape index (κ2) is 5.47. The van der Waals surface area contributed by atoms with E-state index in [9.17, 15) is 0 Å². The molecular formula is C11H21N3. The molecule has 0 fully saturated rings. The predicted octanol–water partition coefficient (Wildman–Crippen LogP) is 2.03. The van der Waals surface area contributed by atoms with Crippen LogP contribution in [0.25, 0.3) is 0 Å². The molecule has 0 aromatic rings. The Labute approximate surface area is 86.8 Å². The molecule has 3 heteroatoms. The lowest BCUT2D eigenvalue weighted by molar-refractivity contribution is 0.514. The molecule has 3 nitrogen and oxygen atoms in total. The zero-order chi connectivity index (χ0) is 11.2. The molecule has 0 aliphatic rings.